The predicted molar refractivity (Wildman–Crippen MR) is 230 cm³/mol. The van der Waals surface area contributed by atoms with Crippen LogP contribution in [0.1, 0.15) is 113 Å². The van der Waals surface area contributed by atoms with E-state index in [0.717, 1.165) is 74.9 Å². The predicted octanol–water partition coefficient (Wildman–Crippen LogP) is 9.46. The zero-order valence-electron chi connectivity index (χ0n) is 36.4. The van der Waals surface area contributed by atoms with Crippen molar-refractivity contribution in [2.24, 2.45) is 17.3 Å². The SMILES string of the molecule is COC(=O)C1(N(C(=O)C(F)(F)F)c2cccc(Cl)c2)CCC2(CC1)c1cc(CN3CCN(C(=O)C(C)(C)C)CC3)ccc1C[C@@H]2C[C@@H](C)COc1ccnc2c1[C@H](C)CCC2. The van der Waals surface area contributed by atoms with Crippen molar-refractivity contribution < 1.29 is 37.0 Å². The number of alkyl halides is 3. The molecule has 13 heteroatoms. The molecule has 2 amide bonds. The van der Waals surface area contributed by atoms with E-state index in [1.165, 1.54) is 35.4 Å². The second kappa shape index (κ2) is 17.5. The second-order valence-electron chi connectivity index (χ2n) is 19.1. The zero-order chi connectivity index (χ0) is 43.9. The van der Waals surface area contributed by atoms with Gasteiger partial charge in [0.15, 0.2) is 0 Å². The van der Waals surface area contributed by atoms with E-state index in [1.54, 1.807) is 0 Å². The Hall–Kier alpha value is -4.16. The number of piperazine rings is 1. The van der Waals surface area contributed by atoms with Crippen LogP contribution in [0.4, 0.5) is 18.9 Å². The summed E-state index contributed by atoms with van der Waals surface area (Å²) in [6, 6.07) is 14.3. The molecule has 1 aromatic heterocycles. The molecule has 0 bridgehead atoms. The van der Waals surface area contributed by atoms with Gasteiger partial charge in [0, 0.05) is 66.3 Å². The van der Waals surface area contributed by atoms with Crippen LogP contribution in [0.25, 0.3) is 0 Å². The van der Waals surface area contributed by atoms with Gasteiger partial charge < -0.3 is 14.4 Å². The van der Waals surface area contributed by atoms with Crippen molar-refractivity contribution in [3.63, 3.8) is 0 Å². The summed E-state index contributed by atoms with van der Waals surface area (Å²) in [5.41, 5.74) is 2.84. The number of aromatic nitrogens is 1. The summed E-state index contributed by atoms with van der Waals surface area (Å²) in [5.74, 6) is -1.38. The number of esters is 1. The molecule has 2 heterocycles. The monoisotopic (exact) mass is 864 g/mol. The van der Waals surface area contributed by atoms with Gasteiger partial charge in [0.1, 0.15) is 11.3 Å². The molecule has 1 spiro atoms. The third kappa shape index (κ3) is 9.04. The van der Waals surface area contributed by atoms with Gasteiger partial charge in [-0.15, -0.1) is 0 Å². The molecule has 2 aromatic carbocycles. The Morgan fingerprint density at radius 2 is 1.72 bits per heavy atom. The number of fused-ring (bicyclic) bond motifs is 3. The van der Waals surface area contributed by atoms with Crippen LogP contribution in [0.15, 0.2) is 54.7 Å². The number of rotatable bonds is 10. The molecule has 0 radical (unpaired) electrons. The van der Waals surface area contributed by atoms with Gasteiger partial charge in [0.05, 0.1) is 13.7 Å². The number of ether oxygens (including phenoxy) is 2. The number of hydrogen-bond donors (Lipinski definition) is 0. The Labute approximate surface area is 363 Å². The Kier molecular flexibility index (Phi) is 12.9. The number of nitrogens with zero attached hydrogens (tertiary/aromatic N) is 4. The van der Waals surface area contributed by atoms with Crippen LogP contribution in [0.5, 0.6) is 5.75 Å². The van der Waals surface area contributed by atoms with E-state index >= 15 is 0 Å². The summed E-state index contributed by atoms with van der Waals surface area (Å²) < 4.78 is 55.4. The lowest BCUT2D eigenvalue weighted by Crippen LogP contribution is -2.63. The molecule has 1 saturated carbocycles. The fourth-order valence-corrected chi connectivity index (χ4v) is 11.0. The summed E-state index contributed by atoms with van der Waals surface area (Å²) >= 11 is 6.29. The van der Waals surface area contributed by atoms with Crippen LogP contribution in [0.2, 0.25) is 5.02 Å². The minimum Gasteiger partial charge on any atom is -0.493 e. The van der Waals surface area contributed by atoms with Crippen LogP contribution in [0, 0.1) is 17.3 Å². The van der Waals surface area contributed by atoms with E-state index in [1.807, 2.05) is 37.9 Å². The molecular formula is C48H60ClF3N4O5. The number of benzene rings is 2. The topological polar surface area (TPSA) is 92.3 Å². The molecule has 3 aromatic rings. The van der Waals surface area contributed by atoms with Crippen molar-refractivity contribution in [2.75, 3.05) is 44.8 Å². The quantitative estimate of drug-likeness (QED) is 0.188. The maximum atomic E-state index is 14.5. The fraction of sp³-hybridized carbons (Fsp3) is 0.583. The Morgan fingerprint density at radius 3 is 2.38 bits per heavy atom. The van der Waals surface area contributed by atoms with Crippen molar-refractivity contribution in [3.8, 4) is 5.75 Å². The number of aryl methyl sites for hydroxylation is 1. The molecule has 1 aliphatic heterocycles. The first-order chi connectivity index (χ1) is 28.9. The molecule has 0 unspecified atom stereocenters. The summed E-state index contributed by atoms with van der Waals surface area (Å²) in [5, 5.41) is 0.141. The number of carbonyl (C=O) groups excluding carboxylic acids is 3. The van der Waals surface area contributed by atoms with Crippen LogP contribution in [0.3, 0.4) is 0 Å². The highest BCUT2D eigenvalue weighted by Gasteiger charge is 2.60. The van der Waals surface area contributed by atoms with E-state index in [2.05, 4.69) is 41.9 Å². The largest absolute Gasteiger partial charge is 0.493 e. The van der Waals surface area contributed by atoms with Gasteiger partial charge >= 0.3 is 18.1 Å². The summed E-state index contributed by atoms with van der Waals surface area (Å²) in [7, 11) is 1.16. The van der Waals surface area contributed by atoms with Gasteiger partial charge in [-0.25, -0.2) is 4.79 Å². The van der Waals surface area contributed by atoms with Crippen molar-refractivity contribution in [3.05, 3.63) is 87.7 Å². The Bertz CT molecular complexity index is 2100. The number of methoxy groups -OCH3 is 1. The van der Waals surface area contributed by atoms with Crippen molar-refractivity contribution in [2.45, 2.75) is 122 Å². The number of carbonyl (C=O) groups is 3. The first kappa shape index (κ1) is 44.9. The molecule has 7 rings (SSSR count). The highest BCUT2D eigenvalue weighted by atomic mass is 35.5. The van der Waals surface area contributed by atoms with Crippen LogP contribution < -0.4 is 9.64 Å². The standard InChI is InChI=1S/C48H60ClF3N4O5/c1-31(30-61-40-15-20-53-39-12-7-9-32(2)41(39)40)25-35-27-34-14-13-33(29-54-21-23-55(24-22-54)42(57)45(3,4)5)26-38(34)46(35)16-18-47(19-17-46,44(59)60-6)56(43(58)48(50,51)52)37-11-8-10-36(49)28-37/h8,10-11,13-15,20,26,28,31-32,35H,7,9,12,16-19,21-25,27,29-30H2,1-6H3/t31-,32-,35+,46?,47?/m1/s1. The molecule has 3 atom stereocenters. The number of halogens is 4. The number of hydrogen-bond acceptors (Lipinski definition) is 7. The van der Waals surface area contributed by atoms with Crippen molar-refractivity contribution in [1.82, 2.24) is 14.8 Å². The maximum Gasteiger partial charge on any atom is 0.471 e. The smallest absolute Gasteiger partial charge is 0.471 e. The normalized spacial score (nSPS) is 24.8. The van der Waals surface area contributed by atoms with Gasteiger partial charge in [-0.1, -0.05) is 70.5 Å². The van der Waals surface area contributed by atoms with Crippen molar-refractivity contribution in [1.29, 1.82) is 0 Å². The lowest BCUT2D eigenvalue weighted by atomic mass is 9.59. The summed E-state index contributed by atoms with van der Waals surface area (Å²) in [6.07, 6.45) is 1.94. The molecule has 0 N–H and O–H groups in total. The van der Waals surface area contributed by atoms with E-state index in [-0.39, 0.29) is 41.3 Å². The van der Waals surface area contributed by atoms with E-state index < -0.39 is 34.4 Å². The number of anilines is 1. The maximum absolute atomic E-state index is 14.5. The average Bonchev–Trinajstić information content (AvgIpc) is 3.50. The molecule has 4 aliphatic rings. The van der Waals surface area contributed by atoms with Gasteiger partial charge in [0.2, 0.25) is 5.91 Å². The van der Waals surface area contributed by atoms with E-state index in [4.69, 9.17) is 21.1 Å². The fourth-order valence-electron chi connectivity index (χ4n) is 10.8. The summed E-state index contributed by atoms with van der Waals surface area (Å²) in [4.78, 5) is 50.0. The highest BCUT2D eigenvalue weighted by molar-refractivity contribution is 6.31. The highest BCUT2D eigenvalue weighted by Crippen LogP contribution is 2.57. The molecule has 1 saturated heterocycles. The minimum atomic E-state index is -5.26. The van der Waals surface area contributed by atoms with E-state index in [0.29, 0.717) is 49.9 Å². The molecule has 9 nitrogen and oxygen atoms in total. The lowest BCUT2D eigenvalue weighted by Gasteiger charge is -2.51. The van der Waals surface area contributed by atoms with Gasteiger partial charge in [-0.2, -0.15) is 13.2 Å². The first-order valence-corrected chi connectivity index (χ1v) is 22.2. The molecular weight excluding hydrogens is 805 g/mol. The third-order valence-corrected chi connectivity index (χ3v) is 14.2. The number of amides is 2. The van der Waals surface area contributed by atoms with Crippen molar-refractivity contribution >= 4 is 35.1 Å². The lowest BCUT2D eigenvalue weighted by molar-refractivity contribution is -0.174. The van der Waals surface area contributed by atoms with Crippen LogP contribution >= 0.6 is 11.6 Å². The van der Waals surface area contributed by atoms with Gasteiger partial charge in [-0.05, 0) is 122 Å². The third-order valence-electron chi connectivity index (χ3n) is 13.9. The first-order valence-electron chi connectivity index (χ1n) is 21.9. The average molecular weight is 865 g/mol. The molecule has 61 heavy (non-hydrogen) atoms. The van der Waals surface area contributed by atoms with Gasteiger partial charge in [-0.3, -0.25) is 24.4 Å². The summed E-state index contributed by atoms with van der Waals surface area (Å²) in [6.45, 7) is 14.2. The number of pyridine rings is 1. The molecule has 2 fully saturated rings. The molecule has 3 aliphatic carbocycles. The van der Waals surface area contributed by atoms with E-state index in [9.17, 15) is 27.6 Å². The molecule has 330 valence electrons. The van der Waals surface area contributed by atoms with Crippen LogP contribution in [-0.2, 0) is 43.9 Å². The minimum absolute atomic E-state index is 0.0378. The Morgan fingerprint density at radius 1 is 1.00 bits per heavy atom. The van der Waals surface area contributed by atoms with Gasteiger partial charge in [0.25, 0.3) is 0 Å². The van der Waals surface area contributed by atoms with Crippen LogP contribution in [-0.4, -0.2) is 84.2 Å². The second-order valence-corrected chi connectivity index (χ2v) is 19.6. The zero-order valence-corrected chi connectivity index (χ0v) is 37.1. The Balaban J connectivity index is 1.19.